The second-order valence-electron chi connectivity index (χ2n) is 8.27. The lowest BCUT2D eigenvalue weighted by molar-refractivity contribution is 0.0697. The van der Waals surface area contributed by atoms with E-state index in [1.54, 1.807) is 6.07 Å². The number of imidazole rings is 1. The molecule has 0 fully saturated rings. The highest BCUT2D eigenvalue weighted by Gasteiger charge is 2.19. The molecule has 0 bridgehead atoms. The van der Waals surface area contributed by atoms with Gasteiger partial charge in [0.15, 0.2) is 0 Å². The number of carboxylic acid groups (broad SMARTS) is 1. The number of fused-ring (bicyclic) bond motifs is 3. The van der Waals surface area contributed by atoms with Crippen LogP contribution >= 0.6 is 0 Å². The van der Waals surface area contributed by atoms with Crippen molar-refractivity contribution < 1.29 is 9.90 Å². The van der Waals surface area contributed by atoms with E-state index in [-0.39, 0.29) is 0 Å². The van der Waals surface area contributed by atoms with Crippen molar-refractivity contribution in [3.63, 3.8) is 0 Å². The molecule has 4 nitrogen and oxygen atoms in total. The first-order chi connectivity index (χ1) is 15.0. The summed E-state index contributed by atoms with van der Waals surface area (Å²) in [7, 11) is 0. The van der Waals surface area contributed by atoms with Crippen LogP contribution in [-0.2, 0) is 19.4 Å². The molecular formula is C27H24N2O2. The zero-order valence-electron chi connectivity index (χ0n) is 17.7. The molecule has 0 amide bonds. The van der Waals surface area contributed by atoms with Crippen LogP contribution in [0.25, 0.3) is 16.6 Å². The van der Waals surface area contributed by atoms with Crippen LogP contribution in [0.1, 0.15) is 43.7 Å². The number of allylic oxidation sites excluding steroid dienone is 1. The molecule has 0 saturated carbocycles. The van der Waals surface area contributed by atoms with E-state index in [4.69, 9.17) is 0 Å². The molecule has 1 aliphatic rings. The van der Waals surface area contributed by atoms with Crippen LogP contribution in [0.15, 0.2) is 67.0 Å². The van der Waals surface area contributed by atoms with E-state index >= 15 is 0 Å². The Kier molecular flexibility index (Phi) is 4.70. The predicted molar refractivity (Wildman–Crippen MR) is 124 cm³/mol. The zero-order valence-corrected chi connectivity index (χ0v) is 17.7. The molecule has 0 aliphatic heterocycles. The number of nitrogens with zero attached hydrogens (tertiary/aromatic N) is 2. The maximum absolute atomic E-state index is 11.6. The minimum atomic E-state index is -0.897. The second-order valence-corrected chi connectivity index (χ2v) is 8.27. The van der Waals surface area contributed by atoms with Gasteiger partial charge in [0, 0.05) is 6.54 Å². The summed E-state index contributed by atoms with van der Waals surface area (Å²) >= 11 is 0. The summed E-state index contributed by atoms with van der Waals surface area (Å²) in [6, 6.07) is 18.3. The van der Waals surface area contributed by atoms with Crippen LogP contribution < -0.4 is 0 Å². The maximum atomic E-state index is 11.6. The van der Waals surface area contributed by atoms with Crippen molar-refractivity contribution >= 4 is 22.6 Å². The largest absolute Gasteiger partial charge is 0.478 e. The Balaban J connectivity index is 1.66. The number of carboxylic acids is 1. The highest BCUT2D eigenvalue weighted by molar-refractivity contribution is 5.92. The SMILES string of the molecule is Cc1cc2ncn(C/C=C3\c4ccccc4CCc4ccc(C(=O)O)cc43)c2cc1C. The summed E-state index contributed by atoms with van der Waals surface area (Å²) in [4.78, 5) is 16.2. The molecule has 1 heterocycles. The molecule has 154 valence electrons. The molecule has 4 aromatic rings. The van der Waals surface area contributed by atoms with Crippen molar-refractivity contribution in [2.45, 2.75) is 33.2 Å². The van der Waals surface area contributed by atoms with E-state index in [0.717, 1.165) is 35.0 Å². The van der Waals surface area contributed by atoms with Crippen LogP contribution in [0.2, 0.25) is 0 Å². The Bertz CT molecular complexity index is 1360. The first-order valence-electron chi connectivity index (χ1n) is 10.6. The van der Waals surface area contributed by atoms with Gasteiger partial charge in [0.25, 0.3) is 0 Å². The highest BCUT2D eigenvalue weighted by Crippen LogP contribution is 2.34. The molecule has 4 heteroatoms. The normalized spacial score (nSPS) is 14.3. The lowest BCUT2D eigenvalue weighted by Gasteiger charge is -2.13. The fourth-order valence-corrected chi connectivity index (χ4v) is 4.46. The molecule has 0 unspecified atom stereocenters. The number of carbonyl (C=O) groups is 1. The number of rotatable bonds is 3. The van der Waals surface area contributed by atoms with E-state index in [1.165, 1.54) is 27.8 Å². The van der Waals surface area contributed by atoms with Crippen molar-refractivity contribution in [3.05, 3.63) is 106 Å². The Morgan fingerprint density at radius 2 is 1.74 bits per heavy atom. The molecular weight excluding hydrogens is 384 g/mol. The minimum absolute atomic E-state index is 0.322. The lowest BCUT2D eigenvalue weighted by atomic mass is 9.92. The van der Waals surface area contributed by atoms with Gasteiger partial charge in [0.05, 0.1) is 22.9 Å². The number of aromatic carboxylic acids is 1. The van der Waals surface area contributed by atoms with Gasteiger partial charge in [-0.3, -0.25) is 0 Å². The van der Waals surface area contributed by atoms with Crippen molar-refractivity contribution in [1.29, 1.82) is 0 Å². The van der Waals surface area contributed by atoms with Crippen LogP contribution in [0.4, 0.5) is 0 Å². The van der Waals surface area contributed by atoms with E-state index < -0.39 is 5.97 Å². The Morgan fingerprint density at radius 3 is 2.55 bits per heavy atom. The average Bonchev–Trinajstić information content (AvgIpc) is 3.07. The lowest BCUT2D eigenvalue weighted by Crippen LogP contribution is -2.01. The van der Waals surface area contributed by atoms with E-state index in [1.807, 2.05) is 18.5 Å². The molecule has 3 aromatic carbocycles. The second kappa shape index (κ2) is 7.55. The van der Waals surface area contributed by atoms with Gasteiger partial charge in [0.2, 0.25) is 0 Å². The van der Waals surface area contributed by atoms with E-state index in [2.05, 4.69) is 65.9 Å². The molecule has 31 heavy (non-hydrogen) atoms. The highest BCUT2D eigenvalue weighted by atomic mass is 16.4. The summed E-state index contributed by atoms with van der Waals surface area (Å²) in [5, 5.41) is 9.55. The van der Waals surface area contributed by atoms with E-state index in [0.29, 0.717) is 12.1 Å². The topological polar surface area (TPSA) is 55.1 Å². The number of benzene rings is 3. The smallest absolute Gasteiger partial charge is 0.335 e. The summed E-state index contributed by atoms with van der Waals surface area (Å²) in [6.45, 7) is 4.89. The van der Waals surface area contributed by atoms with Crippen LogP contribution in [0.3, 0.4) is 0 Å². The minimum Gasteiger partial charge on any atom is -0.478 e. The third-order valence-corrected chi connectivity index (χ3v) is 6.35. The van der Waals surface area contributed by atoms with Crippen molar-refractivity contribution in [1.82, 2.24) is 9.55 Å². The van der Waals surface area contributed by atoms with Gasteiger partial charge in [0.1, 0.15) is 0 Å². The van der Waals surface area contributed by atoms with Gasteiger partial charge in [-0.1, -0.05) is 36.4 Å². The standard InChI is InChI=1S/C27H24N2O2/c1-17-13-25-26(14-18(17)2)29(16-28-25)12-11-23-22-6-4-3-5-19(22)7-8-20-9-10-21(27(30)31)15-24(20)23/h3-6,9-11,13-16H,7-8,12H2,1-2H3,(H,30,31)/b23-11+. The maximum Gasteiger partial charge on any atom is 0.335 e. The van der Waals surface area contributed by atoms with Gasteiger partial charge < -0.3 is 9.67 Å². The first kappa shape index (κ1) is 19.3. The number of aryl methyl sites for hydroxylation is 4. The van der Waals surface area contributed by atoms with Crippen molar-refractivity contribution in [2.24, 2.45) is 0 Å². The number of aromatic nitrogens is 2. The van der Waals surface area contributed by atoms with Gasteiger partial charge in [-0.15, -0.1) is 0 Å². The Hall–Kier alpha value is -3.66. The van der Waals surface area contributed by atoms with Crippen LogP contribution in [0.5, 0.6) is 0 Å². The summed E-state index contributed by atoms with van der Waals surface area (Å²) < 4.78 is 2.16. The average molecular weight is 409 g/mol. The number of hydrogen-bond acceptors (Lipinski definition) is 2. The summed E-state index contributed by atoms with van der Waals surface area (Å²) in [6.07, 6.45) is 5.94. The fourth-order valence-electron chi connectivity index (χ4n) is 4.46. The molecule has 0 spiro atoms. The molecule has 0 atom stereocenters. The van der Waals surface area contributed by atoms with Crippen molar-refractivity contribution in [2.75, 3.05) is 0 Å². The van der Waals surface area contributed by atoms with Crippen LogP contribution in [0, 0.1) is 13.8 Å². The van der Waals surface area contributed by atoms with Crippen molar-refractivity contribution in [3.8, 4) is 0 Å². The monoisotopic (exact) mass is 408 g/mol. The molecule has 0 saturated heterocycles. The number of hydrogen-bond donors (Lipinski definition) is 1. The third kappa shape index (κ3) is 3.44. The quantitative estimate of drug-likeness (QED) is 0.481. The summed E-state index contributed by atoms with van der Waals surface area (Å²) in [5.41, 5.74) is 10.7. The molecule has 1 aliphatic carbocycles. The molecule has 1 N–H and O–H groups in total. The van der Waals surface area contributed by atoms with Gasteiger partial charge in [-0.25, -0.2) is 9.78 Å². The first-order valence-corrected chi connectivity index (χ1v) is 10.6. The Labute approximate surface area is 181 Å². The third-order valence-electron chi connectivity index (χ3n) is 6.35. The fraction of sp³-hybridized carbons (Fsp3) is 0.185. The van der Waals surface area contributed by atoms with Gasteiger partial charge in [-0.2, -0.15) is 0 Å². The van der Waals surface area contributed by atoms with Crippen LogP contribution in [-0.4, -0.2) is 20.6 Å². The molecule has 1 aromatic heterocycles. The summed E-state index contributed by atoms with van der Waals surface area (Å²) in [5.74, 6) is -0.897. The molecule has 5 rings (SSSR count). The zero-order chi connectivity index (χ0) is 21.5. The van der Waals surface area contributed by atoms with Gasteiger partial charge in [-0.05, 0) is 89.9 Å². The predicted octanol–water partition coefficient (Wildman–Crippen LogP) is 5.58. The Morgan fingerprint density at radius 1 is 1.00 bits per heavy atom. The van der Waals surface area contributed by atoms with Gasteiger partial charge >= 0.3 is 5.97 Å². The van der Waals surface area contributed by atoms with E-state index in [9.17, 15) is 9.90 Å². The molecule has 0 radical (unpaired) electrons.